The second-order valence-electron chi connectivity index (χ2n) is 5.55. The summed E-state index contributed by atoms with van der Waals surface area (Å²) >= 11 is 0. The summed E-state index contributed by atoms with van der Waals surface area (Å²) in [5, 5.41) is 6.32. The first-order valence-corrected chi connectivity index (χ1v) is 7.43. The fourth-order valence-electron chi connectivity index (χ4n) is 2.91. The van der Waals surface area contributed by atoms with E-state index in [1.54, 1.807) is 7.11 Å². The van der Waals surface area contributed by atoms with Gasteiger partial charge >= 0.3 is 0 Å². The number of carbonyl (C=O) groups excluding carboxylic acids is 1. The van der Waals surface area contributed by atoms with E-state index in [9.17, 15) is 4.79 Å². The monoisotopic (exact) mass is 296 g/mol. The highest BCUT2D eigenvalue weighted by Gasteiger charge is 2.27. The van der Waals surface area contributed by atoms with Crippen molar-refractivity contribution in [2.75, 3.05) is 19.0 Å². The van der Waals surface area contributed by atoms with Gasteiger partial charge in [-0.15, -0.1) is 0 Å². The molecule has 4 heteroatoms. The largest absolute Gasteiger partial charge is 0.497 e. The molecule has 1 aliphatic heterocycles. The van der Waals surface area contributed by atoms with E-state index in [1.807, 2.05) is 30.3 Å². The number of anilines is 1. The van der Waals surface area contributed by atoms with E-state index >= 15 is 0 Å². The topological polar surface area (TPSA) is 50.4 Å². The highest BCUT2D eigenvalue weighted by Crippen LogP contribution is 2.28. The van der Waals surface area contributed by atoms with Crippen LogP contribution in [0, 0.1) is 6.92 Å². The predicted octanol–water partition coefficient (Wildman–Crippen LogP) is 2.83. The van der Waals surface area contributed by atoms with Crippen LogP contribution in [-0.2, 0) is 11.3 Å². The number of nitrogens with one attached hydrogen (secondary N) is 2. The molecule has 2 aromatic rings. The first-order valence-electron chi connectivity index (χ1n) is 7.43. The van der Waals surface area contributed by atoms with E-state index in [0.29, 0.717) is 6.54 Å². The summed E-state index contributed by atoms with van der Waals surface area (Å²) in [7, 11) is 1.62. The normalized spacial score (nSPS) is 16.7. The lowest BCUT2D eigenvalue weighted by molar-refractivity contribution is -0.117. The Balaban J connectivity index is 1.83. The number of ether oxygens (including phenoxy) is 1. The number of hydrogen-bond acceptors (Lipinski definition) is 3. The van der Waals surface area contributed by atoms with Crippen LogP contribution < -0.4 is 15.4 Å². The van der Waals surface area contributed by atoms with E-state index in [2.05, 4.69) is 29.7 Å². The Morgan fingerprint density at radius 2 is 2.09 bits per heavy atom. The average molecular weight is 296 g/mol. The second-order valence-corrected chi connectivity index (χ2v) is 5.55. The van der Waals surface area contributed by atoms with Gasteiger partial charge in [-0.1, -0.05) is 24.3 Å². The number of amides is 1. The van der Waals surface area contributed by atoms with Crippen LogP contribution in [-0.4, -0.2) is 19.6 Å². The maximum absolute atomic E-state index is 12.6. The van der Waals surface area contributed by atoms with Crippen LogP contribution in [0.5, 0.6) is 5.75 Å². The first-order chi connectivity index (χ1) is 10.7. The highest BCUT2D eigenvalue weighted by atomic mass is 16.5. The zero-order chi connectivity index (χ0) is 15.5. The van der Waals surface area contributed by atoms with Crippen LogP contribution >= 0.6 is 0 Å². The van der Waals surface area contributed by atoms with E-state index in [4.69, 9.17) is 4.74 Å². The first kappa shape index (κ1) is 14.6. The van der Waals surface area contributed by atoms with Crippen molar-refractivity contribution in [3.05, 3.63) is 59.2 Å². The summed E-state index contributed by atoms with van der Waals surface area (Å²) < 4.78 is 5.19. The number of methoxy groups -OCH3 is 1. The number of aryl methyl sites for hydroxylation is 1. The molecule has 0 saturated carbocycles. The average Bonchev–Trinajstić information content (AvgIpc) is 2.55. The summed E-state index contributed by atoms with van der Waals surface area (Å²) in [5.74, 6) is 0.568. The molecule has 0 bridgehead atoms. The third kappa shape index (κ3) is 2.83. The Labute approximate surface area is 130 Å². The number of carbonyl (C=O) groups is 1. The molecule has 0 saturated heterocycles. The maximum Gasteiger partial charge on any atom is 0.233 e. The van der Waals surface area contributed by atoms with Crippen molar-refractivity contribution >= 4 is 11.6 Å². The van der Waals surface area contributed by atoms with Gasteiger partial charge in [-0.05, 0) is 35.7 Å². The number of rotatable bonds is 3. The van der Waals surface area contributed by atoms with E-state index in [1.165, 1.54) is 11.1 Å². The summed E-state index contributed by atoms with van der Waals surface area (Å²) in [6, 6.07) is 13.6. The van der Waals surface area contributed by atoms with Crippen LogP contribution in [0.15, 0.2) is 42.5 Å². The smallest absolute Gasteiger partial charge is 0.233 e. The molecule has 3 rings (SSSR count). The molecule has 2 N–H and O–H groups in total. The van der Waals surface area contributed by atoms with Crippen LogP contribution in [0.25, 0.3) is 0 Å². The molecule has 0 aliphatic carbocycles. The lowest BCUT2D eigenvalue weighted by Gasteiger charge is -2.27. The quantitative estimate of drug-likeness (QED) is 0.915. The fraction of sp³-hybridized carbons (Fsp3) is 0.278. The zero-order valence-corrected chi connectivity index (χ0v) is 12.8. The van der Waals surface area contributed by atoms with E-state index in [0.717, 1.165) is 23.5 Å². The van der Waals surface area contributed by atoms with Gasteiger partial charge in [0.05, 0.1) is 13.0 Å². The van der Waals surface area contributed by atoms with Gasteiger partial charge in [-0.25, -0.2) is 0 Å². The van der Waals surface area contributed by atoms with Crippen molar-refractivity contribution < 1.29 is 9.53 Å². The van der Waals surface area contributed by atoms with E-state index < -0.39 is 0 Å². The molecule has 1 aliphatic rings. The maximum atomic E-state index is 12.6. The molecule has 0 radical (unpaired) electrons. The molecule has 4 nitrogen and oxygen atoms in total. The van der Waals surface area contributed by atoms with Gasteiger partial charge in [-0.2, -0.15) is 0 Å². The minimum Gasteiger partial charge on any atom is -0.497 e. The van der Waals surface area contributed by atoms with Crippen LogP contribution in [0.4, 0.5) is 5.69 Å². The Morgan fingerprint density at radius 3 is 2.91 bits per heavy atom. The van der Waals surface area contributed by atoms with Crippen molar-refractivity contribution in [3.63, 3.8) is 0 Å². The summed E-state index contributed by atoms with van der Waals surface area (Å²) in [5.41, 5.74) is 4.34. The molecule has 1 amide bonds. The molecule has 114 valence electrons. The summed E-state index contributed by atoms with van der Waals surface area (Å²) in [6.45, 7) is 3.57. The lowest BCUT2D eigenvalue weighted by Crippen LogP contribution is -2.35. The molecule has 1 atom stereocenters. The Bertz CT molecular complexity index is 697. The molecule has 22 heavy (non-hydrogen) atoms. The Kier molecular flexibility index (Phi) is 4.11. The van der Waals surface area contributed by atoms with Gasteiger partial charge in [0, 0.05) is 24.8 Å². The Hall–Kier alpha value is -2.33. The van der Waals surface area contributed by atoms with Crippen molar-refractivity contribution in [3.8, 4) is 5.75 Å². The molecule has 0 spiro atoms. The van der Waals surface area contributed by atoms with Gasteiger partial charge in [0.15, 0.2) is 0 Å². The standard InChI is InChI=1S/C18H20N2O2/c1-12-5-3-8-15-16(12)10-19-11-17(15)18(21)20-13-6-4-7-14(9-13)22-2/h3-9,17,19H,10-11H2,1-2H3,(H,20,21). The third-order valence-corrected chi connectivity index (χ3v) is 4.13. The summed E-state index contributed by atoms with van der Waals surface area (Å²) in [4.78, 5) is 12.6. The van der Waals surface area contributed by atoms with Gasteiger partial charge in [-0.3, -0.25) is 4.79 Å². The molecular weight excluding hydrogens is 276 g/mol. The molecule has 0 aromatic heterocycles. The number of hydrogen-bond donors (Lipinski definition) is 2. The second kappa shape index (κ2) is 6.20. The molecule has 2 aromatic carbocycles. The minimum absolute atomic E-state index is 0.00676. The third-order valence-electron chi connectivity index (χ3n) is 4.13. The van der Waals surface area contributed by atoms with Crippen molar-refractivity contribution in [2.45, 2.75) is 19.4 Å². The van der Waals surface area contributed by atoms with Crippen molar-refractivity contribution in [1.82, 2.24) is 5.32 Å². The van der Waals surface area contributed by atoms with Crippen LogP contribution in [0.2, 0.25) is 0 Å². The number of benzene rings is 2. The minimum atomic E-state index is -0.171. The van der Waals surface area contributed by atoms with Crippen LogP contribution in [0.3, 0.4) is 0 Å². The van der Waals surface area contributed by atoms with Crippen molar-refractivity contribution in [1.29, 1.82) is 0 Å². The van der Waals surface area contributed by atoms with Gasteiger partial charge < -0.3 is 15.4 Å². The van der Waals surface area contributed by atoms with Gasteiger partial charge in [0.2, 0.25) is 5.91 Å². The fourth-order valence-corrected chi connectivity index (χ4v) is 2.91. The Morgan fingerprint density at radius 1 is 1.27 bits per heavy atom. The molecule has 1 heterocycles. The zero-order valence-electron chi connectivity index (χ0n) is 12.8. The predicted molar refractivity (Wildman–Crippen MR) is 87.3 cm³/mol. The van der Waals surface area contributed by atoms with Gasteiger partial charge in [0.25, 0.3) is 0 Å². The molecule has 0 fully saturated rings. The van der Waals surface area contributed by atoms with Crippen LogP contribution in [0.1, 0.15) is 22.6 Å². The van der Waals surface area contributed by atoms with Gasteiger partial charge in [0.1, 0.15) is 5.75 Å². The lowest BCUT2D eigenvalue weighted by atomic mass is 9.88. The summed E-state index contributed by atoms with van der Waals surface area (Å²) in [6.07, 6.45) is 0. The SMILES string of the molecule is COc1cccc(NC(=O)C2CNCc3c(C)cccc32)c1. The molecular formula is C18H20N2O2. The van der Waals surface area contributed by atoms with E-state index in [-0.39, 0.29) is 11.8 Å². The van der Waals surface area contributed by atoms with Crippen molar-refractivity contribution in [2.24, 2.45) is 0 Å². The number of fused-ring (bicyclic) bond motifs is 1. The highest BCUT2D eigenvalue weighted by molar-refractivity contribution is 5.96. The molecule has 1 unspecified atom stereocenters.